The first-order chi connectivity index (χ1) is 29.5. The molecule has 284 valence electrons. The molecule has 1 aliphatic carbocycles. The molecule has 0 amide bonds. The minimum atomic E-state index is -0.0527. The standard InChI is InChI=1S/C57H39NO2/c1-57(2)50-20-6-3-14-49(50)54-42(15-11-21-51(54)57)36-24-30-39(31-25-36)58(40-32-26-37(27-33-40)43-16-9-18-47-45-12-4-7-22-52(45)59-55(43)47)41-34-28-38(29-35-41)44-17-10-19-48-46-13-5-8-23-53(46)60-56(44)48/h3-35H,1-2H3. The number of anilines is 3. The molecular weight excluding hydrogens is 731 g/mol. The van der Waals surface area contributed by atoms with Crippen molar-refractivity contribution in [2.24, 2.45) is 0 Å². The first-order valence-corrected chi connectivity index (χ1v) is 20.7. The zero-order valence-electron chi connectivity index (χ0n) is 33.3. The maximum Gasteiger partial charge on any atom is 0.143 e. The van der Waals surface area contributed by atoms with Gasteiger partial charge in [0.2, 0.25) is 0 Å². The van der Waals surface area contributed by atoms with Crippen LogP contribution in [-0.4, -0.2) is 0 Å². The van der Waals surface area contributed by atoms with Crippen molar-refractivity contribution in [1.82, 2.24) is 0 Å². The van der Waals surface area contributed by atoms with Crippen LogP contribution in [0.2, 0.25) is 0 Å². The van der Waals surface area contributed by atoms with Crippen LogP contribution in [0.5, 0.6) is 0 Å². The van der Waals surface area contributed by atoms with Gasteiger partial charge in [-0.3, -0.25) is 0 Å². The fourth-order valence-corrected chi connectivity index (χ4v) is 9.76. The van der Waals surface area contributed by atoms with Crippen molar-refractivity contribution in [3.05, 3.63) is 211 Å². The molecule has 0 saturated carbocycles. The fraction of sp³-hybridized carbons (Fsp3) is 0.0526. The molecule has 0 atom stereocenters. The van der Waals surface area contributed by atoms with Crippen molar-refractivity contribution in [3.8, 4) is 44.5 Å². The highest BCUT2D eigenvalue weighted by atomic mass is 16.3. The second kappa shape index (κ2) is 13.2. The molecule has 1 aliphatic rings. The molecule has 0 bridgehead atoms. The Balaban J connectivity index is 0.959. The third kappa shape index (κ3) is 5.22. The van der Waals surface area contributed by atoms with Crippen LogP contribution in [0.15, 0.2) is 209 Å². The maximum absolute atomic E-state index is 6.43. The SMILES string of the molecule is CC1(C)c2ccccc2-c2c(-c3ccc(N(c4ccc(-c5cccc6c5oc5ccccc56)cc4)c4ccc(-c5cccc6c5oc5ccccc56)cc4)cc3)cccc21. The lowest BCUT2D eigenvalue weighted by molar-refractivity contribution is 0.660. The number of fused-ring (bicyclic) bond motifs is 9. The van der Waals surface area contributed by atoms with Gasteiger partial charge in [0.15, 0.2) is 0 Å². The predicted molar refractivity (Wildman–Crippen MR) is 250 cm³/mol. The van der Waals surface area contributed by atoms with Gasteiger partial charge in [0, 0.05) is 55.1 Å². The lowest BCUT2D eigenvalue weighted by Crippen LogP contribution is -2.14. The van der Waals surface area contributed by atoms with Gasteiger partial charge < -0.3 is 13.7 Å². The average Bonchev–Trinajstić information content (AvgIpc) is 3.95. The number of hydrogen-bond acceptors (Lipinski definition) is 3. The third-order valence-corrected chi connectivity index (χ3v) is 12.7. The summed E-state index contributed by atoms with van der Waals surface area (Å²) < 4.78 is 12.9. The Morgan fingerprint density at radius 3 is 1.25 bits per heavy atom. The van der Waals surface area contributed by atoms with E-state index in [0.717, 1.165) is 83.2 Å². The van der Waals surface area contributed by atoms with Crippen LogP contribution in [0.1, 0.15) is 25.0 Å². The Morgan fingerprint density at radius 1 is 0.333 bits per heavy atom. The van der Waals surface area contributed by atoms with E-state index in [4.69, 9.17) is 8.83 Å². The van der Waals surface area contributed by atoms with Crippen LogP contribution in [0.25, 0.3) is 88.4 Å². The van der Waals surface area contributed by atoms with Gasteiger partial charge in [-0.25, -0.2) is 0 Å². The molecule has 0 fully saturated rings. The highest BCUT2D eigenvalue weighted by molar-refractivity contribution is 6.10. The van der Waals surface area contributed by atoms with Crippen molar-refractivity contribution in [2.45, 2.75) is 19.3 Å². The summed E-state index contributed by atoms with van der Waals surface area (Å²) in [5.74, 6) is 0. The summed E-state index contributed by atoms with van der Waals surface area (Å²) in [5, 5.41) is 4.52. The van der Waals surface area contributed by atoms with E-state index in [1.54, 1.807) is 0 Å². The normalized spacial score (nSPS) is 13.0. The minimum absolute atomic E-state index is 0.0527. The molecule has 12 rings (SSSR count). The van der Waals surface area contributed by atoms with Gasteiger partial charge in [0.1, 0.15) is 22.3 Å². The first kappa shape index (κ1) is 34.4. The smallest absolute Gasteiger partial charge is 0.143 e. The van der Waals surface area contributed by atoms with Crippen LogP contribution in [-0.2, 0) is 5.41 Å². The Hall–Kier alpha value is -7.62. The number of nitrogens with zero attached hydrogens (tertiary/aromatic N) is 1. The van der Waals surface area contributed by atoms with E-state index < -0.39 is 0 Å². The van der Waals surface area contributed by atoms with Gasteiger partial charge in [0.05, 0.1) is 0 Å². The van der Waals surface area contributed by atoms with Gasteiger partial charge in [0.25, 0.3) is 0 Å². The number of benzene rings is 9. The number of furan rings is 2. The quantitative estimate of drug-likeness (QED) is 0.169. The lowest BCUT2D eigenvalue weighted by Gasteiger charge is -2.26. The number of hydrogen-bond donors (Lipinski definition) is 0. The molecule has 2 aromatic heterocycles. The highest BCUT2D eigenvalue weighted by Crippen LogP contribution is 2.52. The molecule has 3 heteroatoms. The van der Waals surface area contributed by atoms with Crippen molar-refractivity contribution >= 4 is 60.9 Å². The number of rotatable bonds is 6. The van der Waals surface area contributed by atoms with Crippen LogP contribution in [0, 0.1) is 0 Å². The monoisotopic (exact) mass is 769 g/mol. The molecule has 0 N–H and O–H groups in total. The summed E-state index contributed by atoms with van der Waals surface area (Å²) in [5.41, 5.74) is 19.0. The topological polar surface area (TPSA) is 29.5 Å². The summed E-state index contributed by atoms with van der Waals surface area (Å²) >= 11 is 0. The molecule has 0 spiro atoms. The van der Waals surface area contributed by atoms with E-state index in [1.165, 1.54) is 33.4 Å². The largest absolute Gasteiger partial charge is 0.455 e. The Labute approximate surface area is 348 Å². The summed E-state index contributed by atoms with van der Waals surface area (Å²) in [4.78, 5) is 2.34. The molecule has 11 aromatic rings. The Bertz CT molecular complexity index is 3280. The van der Waals surface area contributed by atoms with Crippen LogP contribution < -0.4 is 4.90 Å². The van der Waals surface area contributed by atoms with Gasteiger partial charge in [-0.15, -0.1) is 0 Å². The van der Waals surface area contributed by atoms with Gasteiger partial charge in [-0.2, -0.15) is 0 Å². The minimum Gasteiger partial charge on any atom is -0.455 e. The summed E-state index contributed by atoms with van der Waals surface area (Å²) in [6.07, 6.45) is 0. The fourth-order valence-electron chi connectivity index (χ4n) is 9.76. The van der Waals surface area contributed by atoms with Gasteiger partial charge in [-0.1, -0.05) is 166 Å². The first-order valence-electron chi connectivity index (χ1n) is 20.7. The summed E-state index contributed by atoms with van der Waals surface area (Å²) in [6.45, 7) is 4.68. The van der Waals surface area contributed by atoms with Gasteiger partial charge in [-0.05, 0) is 93.0 Å². The van der Waals surface area contributed by atoms with Crippen molar-refractivity contribution in [2.75, 3.05) is 4.90 Å². The molecule has 0 saturated heterocycles. The second-order valence-corrected chi connectivity index (χ2v) is 16.4. The van der Waals surface area contributed by atoms with Crippen molar-refractivity contribution in [3.63, 3.8) is 0 Å². The second-order valence-electron chi connectivity index (χ2n) is 16.4. The molecular formula is C57H39NO2. The summed E-state index contributed by atoms with van der Waals surface area (Å²) in [7, 11) is 0. The van der Waals surface area contributed by atoms with E-state index >= 15 is 0 Å². The van der Waals surface area contributed by atoms with E-state index in [1.807, 2.05) is 24.3 Å². The zero-order chi connectivity index (χ0) is 40.0. The molecule has 3 nitrogen and oxygen atoms in total. The third-order valence-electron chi connectivity index (χ3n) is 12.7. The van der Waals surface area contributed by atoms with Crippen LogP contribution in [0.4, 0.5) is 17.1 Å². The van der Waals surface area contributed by atoms with Crippen LogP contribution >= 0.6 is 0 Å². The van der Waals surface area contributed by atoms with E-state index in [9.17, 15) is 0 Å². The van der Waals surface area contributed by atoms with Crippen LogP contribution in [0.3, 0.4) is 0 Å². The molecule has 2 heterocycles. The molecule has 0 unspecified atom stereocenters. The maximum atomic E-state index is 6.43. The molecule has 0 aliphatic heterocycles. The molecule has 0 radical (unpaired) electrons. The van der Waals surface area contributed by atoms with Gasteiger partial charge >= 0.3 is 0 Å². The van der Waals surface area contributed by atoms with Crippen molar-refractivity contribution < 1.29 is 8.83 Å². The Morgan fingerprint density at radius 2 is 0.717 bits per heavy atom. The predicted octanol–water partition coefficient (Wildman–Crippen LogP) is 16.3. The summed E-state index contributed by atoms with van der Waals surface area (Å²) in [6, 6.07) is 71.8. The molecule has 60 heavy (non-hydrogen) atoms. The van der Waals surface area contributed by atoms with E-state index in [2.05, 4.69) is 195 Å². The van der Waals surface area contributed by atoms with Crippen molar-refractivity contribution in [1.29, 1.82) is 0 Å². The Kier molecular flexibility index (Phi) is 7.58. The number of para-hydroxylation sites is 4. The zero-order valence-corrected chi connectivity index (χ0v) is 33.3. The lowest BCUT2D eigenvalue weighted by atomic mass is 9.82. The van der Waals surface area contributed by atoms with E-state index in [-0.39, 0.29) is 5.41 Å². The van der Waals surface area contributed by atoms with E-state index in [0.29, 0.717) is 0 Å². The molecule has 9 aromatic carbocycles. The average molecular weight is 770 g/mol. The highest BCUT2D eigenvalue weighted by Gasteiger charge is 2.36.